The quantitative estimate of drug-likeness (QED) is 0.349. The number of methoxy groups -OCH3 is 1. The SMILES string of the molecule is COc1ccccc1-c1c[nH]c2ncc(-c3cc(F)c(NCC(C)(C)C)c(C(=O)N(C)C)c3)cc12. The molecule has 0 radical (unpaired) electrons. The van der Waals surface area contributed by atoms with Crippen molar-refractivity contribution < 1.29 is 13.9 Å². The number of carbonyl (C=O) groups is 1. The first-order valence-electron chi connectivity index (χ1n) is 11.5. The van der Waals surface area contributed by atoms with Crippen LogP contribution in [0.15, 0.2) is 54.9 Å². The molecule has 0 fully saturated rings. The molecule has 35 heavy (non-hydrogen) atoms. The lowest BCUT2D eigenvalue weighted by atomic mass is 9.95. The molecule has 7 heteroatoms. The lowest BCUT2D eigenvalue weighted by Gasteiger charge is -2.23. The maximum atomic E-state index is 15.4. The second kappa shape index (κ2) is 9.41. The number of halogens is 1. The Morgan fingerprint density at radius 3 is 2.54 bits per heavy atom. The number of pyridine rings is 1. The molecule has 0 aliphatic carbocycles. The standard InChI is InChI=1S/C28H31FN4O2/c1-28(2,3)16-32-25-21(27(34)33(4)5)11-17(13-23(25)29)18-12-20-22(15-31-26(20)30-14-18)19-9-7-8-10-24(19)35-6/h7-15,32H,16H2,1-6H3,(H,30,31). The van der Waals surface area contributed by atoms with Crippen molar-refractivity contribution in [3.05, 3.63) is 66.2 Å². The zero-order valence-corrected chi connectivity index (χ0v) is 21.0. The summed E-state index contributed by atoms with van der Waals surface area (Å²) in [5.41, 5.74) is 4.28. The Hall–Kier alpha value is -3.87. The average molecular weight is 475 g/mol. The average Bonchev–Trinajstić information content (AvgIpc) is 3.24. The Morgan fingerprint density at radius 1 is 1.11 bits per heavy atom. The van der Waals surface area contributed by atoms with Gasteiger partial charge in [0.05, 0.1) is 18.4 Å². The van der Waals surface area contributed by atoms with E-state index in [0.717, 1.165) is 22.3 Å². The number of hydrogen-bond donors (Lipinski definition) is 2. The van der Waals surface area contributed by atoms with Crippen LogP contribution in [-0.2, 0) is 0 Å². The van der Waals surface area contributed by atoms with Crippen molar-refractivity contribution >= 4 is 22.6 Å². The number of H-pyrrole nitrogens is 1. The van der Waals surface area contributed by atoms with Gasteiger partial charge in [-0.2, -0.15) is 0 Å². The molecule has 182 valence electrons. The summed E-state index contributed by atoms with van der Waals surface area (Å²) in [7, 11) is 4.96. The molecule has 6 nitrogen and oxygen atoms in total. The first kappa shape index (κ1) is 24.3. The van der Waals surface area contributed by atoms with Crippen LogP contribution in [0.5, 0.6) is 5.75 Å². The normalized spacial score (nSPS) is 11.5. The molecule has 2 N–H and O–H groups in total. The Balaban J connectivity index is 1.84. The molecule has 0 saturated heterocycles. The van der Waals surface area contributed by atoms with E-state index in [1.165, 1.54) is 11.0 Å². The fourth-order valence-corrected chi connectivity index (χ4v) is 3.97. The highest BCUT2D eigenvalue weighted by molar-refractivity contribution is 6.02. The number of aromatic nitrogens is 2. The van der Waals surface area contributed by atoms with E-state index in [9.17, 15) is 4.79 Å². The van der Waals surface area contributed by atoms with Crippen LogP contribution in [0.25, 0.3) is 33.3 Å². The molecule has 0 aliphatic heterocycles. The monoisotopic (exact) mass is 474 g/mol. The predicted molar refractivity (Wildman–Crippen MR) is 139 cm³/mol. The van der Waals surface area contributed by atoms with Gasteiger partial charge in [-0.15, -0.1) is 0 Å². The van der Waals surface area contributed by atoms with Crippen molar-refractivity contribution in [3.63, 3.8) is 0 Å². The molecular formula is C28H31FN4O2. The van der Waals surface area contributed by atoms with E-state index in [0.29, 0.717) is 23.3 Å². The van der Waals surface area contributed by atoms with Crippen molar-refractivity contribution in [2.24, 2.45) is 5.41 Å². The molecule has 4 rings (SSSR count). The number of hydrogen-bond acceptors (Lipinski definition) is 4. The number of para-hydroxylation sites is 1. The molecule has 0 bridgehead atoms. The molecule has 0 saturated carbocycles. The van der Waals surface area contributed by atoms with Crippen LogP contribution in [0.4, 0.5) is 10.1 Å². The number of aromatic amines is 1. The molecule has 2 heterocycles. The zero-order valence-electron chi connectivity index (χ0n) is 21.0. The molecule has 0 atom stereocenters. The Kier molecular flexibility index (Phi) is 6.52. The highest BCUT2D eigenvalue weighted by atomic mass is 19.1. The number of carbonyl (C=O) groups excluding carboxylic acids is 1. The van der Waals surface area contributed by atoms with Gasteiger partial charge in [0.15, 0.2) is 0 Å². The van der Waals surface area contributed by atoms with Crippen molar-refractivity contribution in [2.45, 2.75) is 20.8 Å². The predicted octanol–water partition coefficient (Wildman–Crippen LogP) is 6.20. The Bertz CT molecular complexity index is 1390. The third-order valence-electron chi connectivity index (χ3n) is 5.78. The number of nitrogens with zero attached hydrogens (tertiary/aromatic N) is 2. The van der Waals surface area contributed by atoms with Gasteiger partial charge in [-0.1, -0.05) is 39.0 Å². The topological polar surface area (TPSA) is 70.2 Å². The van der Waals surface area contributed by atoms with Crippen molar-refractivity contribution in [1.29, 1.82) is 0 Å². The summed E-state index contributed by atoms with van der Waals surface area (Å²) in [4.78, 5) is 22.2. The maximum Gasteiger partial charge on any atom is 0.255 e. The smallest absolute Gasteiger partial charge is 0.255 e. The minimum Gasteiger partial charge on any atom is -0.496 e. The van der Waals surface area contributed by atoms with Crippen molar-refractivity contribution in [2.75, 3.05) is 33.1 Å². The molecule has 2 aromatic heterocycles. The Morgan fingerprint density at radius 2 is 1.86 bits per heavy atom. The van der Waals surface area contributed by atoms with Gasteiger partial charge in [-0.05, 0) is 35.2 Å². The number of amides is 1. The highest BCUT2D eigenvalue weighted by Crippen LogP contribution is 2.37. The fourth-order valence-electron chi connectivity index (χ4n) is 3.97. The molecule has 4 aromatic rings. The Labute approximate surface area is 205 Å². The van der Waals surface area contributed by atoms with Gasteiger partial charge in [0, 0.05) is 55.1 Å². The van der Waals surface area contributed by atoms with Gasteiger partial charge in [-0.3, -0.25) is 4.79 Å². The number of nitrogens with one attached hydrogen (secondary N) is 2. The minimum absolute atomic E-state index is 0.0817. The summed E-state index contributed by atoms with van der Waals surface area (Å²) >= 11 is 0. The van der Waals surface area contributed by atoms with E-state index in [1.807, 2.05) is 36.5 Å². The summed E-state index contributed by atoms with van der Waals surface area (Å²) in [6, 6.07) is 12.9. The van der Waals surface area contributed by atoms with Crippen LogP contribution in [0, 0.1) is 11.2 Å². The van der Waals surface area contributed by atoms with Crippen LogP contribution in [0.3, 0.4) is 0 Å². The molecule has 0 spiro atoms. The second-order valence-corrected chi connectivity index (χ2v) is 10.0. The minimum atomic E-state index is -0.476. The lowest BCUT2D eigenvalue weighted by molar-refractivity contribution is 0.0828. The zero-order chi connectivity index (χ0) is 25.3. The largest absolute Gasteiger partial charge is 0.496 e. The first-order chi connectivity index (χ1) is 16.6. The summed E-state index contributed by atoms with van der Waals surface area (Å²) in [5, 5.41) is 4.03. The summed E-state index contributed by atoms with van der Waals surface area (Å²) in [5.74, 6) is 0.00149. The fraction of sp³-hybridized carbons (Fsp3) is 0.286. The van der Waals surface area contributed by atoms with E-state index in [1.54, 1.807) is 33.5 Å². The van der Waals surface area contributed by atoms with Gasteiger partial charge < -0.3 is 19.9 Å². The van der Waals surface area contributed by atoms with Gasteiger partial charge in [0.2, 0.25) is 0 Å². The van der Waals surface area contributed by atoms with Crippen LogP contribution < -0.4 is 10.1 Å². The summed E-state index contributed by atoms with van der Waals surface area (Å²) in [6.07, 6.45) is 3.58. The van der Waals surface area contributed by atoms with Crippen molar-refractivity contribution in [3.8, 4) is 28.0 Å². The van der Waals surface area contributed by atoms with Crippen LogP contribution in [0.2, 0.25) is 0 Å². The molecule has 0 aliphatic rings. The number of ether oxygens (including phenoxy) is 1. The second-order valence-electron chi connectivity index (χ2n) is 10.0. The van der Waals surface area contributed by atoms with Gasteiger partial charge >= 0.3 is 0 Å². The molecule has 2 aromatic carbocycles. The summed E-state index contributed by atoms with van der Waals surface area (Å²) < 4.78 is 21.0. The van der Waals surface area contributed by atoms with E-state index in [2.05, 4.69) is 36.1 Å². The first-order valence-corrected chi connectivity index (χ1v) is 11.5. The number of rotatable bonds is 6. The van der Waals surface area contributed by atoms with Gasteiger partial charge in [0.1, 0.15) is 17.2 Å². The van der Waals surface area contributed by atoms with Crippen molar-refractivity contribution in [1.82, 2.24) is 14.9 Å². The number of anilines is 1. The molecule has 1 amide bonds. The van der Waals surface area contributed by atoms with E-state index in [-0.39, 0.29) is 22.6 Å². The van der Waals surface area contributed by atoms with E-state index < -0.39 is 5.82 Å². The molecular weight excluding hydrogens is 443 g/mol. The highest BCUT2D eigenvalue weighted by Gasteiger charge is 2.22. The third-order valence-corrected chi connectivity index (χ3v) is 5.78. The van der Waals surface area contributed by atoms with Gasteiger partial charge in [-0.25, -0.2) is 9.37 Å². The van der Waals surface area contributed by atoms with Gasteiger partial charge in [0.25, 0.3) is 5.91 Å². The maximum absolute atomic E-state index is 15.4. The molecule has 0 unspecified atom stereocenters. The summed E-state index contributed by atoms with van der Waals surface area (Å²) in [6.45, 7) is 6.68. The number of benzene rings is 2. The lowest BCUT2D eigenvalue weighted by Crippen LogP contribution is -2.26. The third kappa shape index (κ3) is 4.99. The van der Waals surface area contributed by atoms with Crippen LogP contribution in [-0.4, -0.2) is 48.5 Å². The number of fused-ring (bicyclic) bond motifs is 1. The van der Waals surface area contributed by atoms with E-state index >= 15 is 4.39 Å². The van der Waals surface area contributed by atoms with Crippen LogP contribution >= 0.6 is 0 Å². The van der Waals surface area contributed by atoms with Crippen LogP contribution in [0.1, 0.15) is 31.1 Å². The van der Waals surface area contributed by atoms with E-state index in [4.69, 9.17) is 4.74 Å².